The maximum Gasteiger partial charge on any atom is 0.352 e. The molecule has 57 heavy (non-hydrogen) atoms. The summed E-state index contributed by atoms with van der Waals surface area (Å²) in [4.78, 5) is 92.5. The second kappa shape index (κ2) is 18.2. The summed E-state index contributed by atoms with van der Waals surface area (Å²) < 4.78 is 4.96. The van der Waals surface area contributed by atoms with Gasteiger partial charge in [0.05, 0.1) is 17.7 Å². The molecule has 0 bridgehead atoms. The molecular formula is C38H39N5O13S. The minimum absolute atomic E-state index is 0.0730. The lowest BCUT2D eigenvalue weighted by Gasteiger charge is -2.49. The number of para-hydroxylation sites is 2. The number of amides is 5. The molecule has 1 saturated heterocycles. The number of nitrogens with one attached hydrogen (secondary N) is 3. The monoisotopic (exact) mass is 805 g/mol. The normalized spacial score (nSPS) is 16.4. The average Bonchev–Trinajstić information content (AvgIpc) is 3.19. The number of hydrogen-bond acceptors (Lipinski definition) is 13. The summed E-state index contributed by atoms with van der Waals surface area (Å²) in [5, 5.41) is 57.0. The van der Waals surface area contributed by atoms with E-state index in [0.29, 0.717) is 5.56 Å². The van der Waals surface area contributed by atoms with E-state index in [1.54, 1.807) is 30.3 Å². The van der Waals surface area contributed by atoms with Crippen LogP contribution in [0.5, 0.6) is 23.0 Å². The van der Waals surface area contributed by atoms with Crippen LogP contribution in [0, 0.1) is 0 Å². The number of phenols is 4. The molecule has 19 heteroatoms. The third kappa shape index (κ3) is 9.55. The molecule has 0 radical (unpaired) electrons. The molecule has 1 fully saturated rings. The third-order valence-electron chi connectivity index (χ3n) is 8.96. The SMILES string of the molecule is CC(=O)OCC1=C(C(=O)O)N2C(=O)[C@@H](NC(=O)C(NC(=O)CN(CCCCNC(=O)c3cccc(O)c3O)C(=O)c3cccc(O)c3O)c3ccccc3)[C@H]2SC1. The fourth-order valence-corrected chi connectivity index (χ4v) is 7.44. The van der Waals surface area contributed by atoms with Crippen molar-refractivity contribution in [3.05, 3.63) is 94.7 Å². The first-order chi connectivity index (χ1) is 27.2. The molecule has 3 aromatic rings. The number of aliphatic carboxylic acids is 1. The van der Waals surface area contributed by atoms with Gasteiger partial charge in [0.15, 0.2) is 23.0 Å². The van der Waals surface area contributed by atoms with Crippen molar-refractivity contribution in [2.45, 2.75) is 37.2 Å². The molecule has 1 unspecified atom stereocenters. The van der Waals surface area contributed by atoms with Gasteiger partial charge in [0.2, 0.25) is 11.8 Å². The lowest BCUT2D eigenvalue weighted by Crippen LogP contribution is -2.71. The molecule has 2 heterocycles. The molecular weight excluding hydrogens is 767 g/mol. The summed E-state index contributed by atoms with van der Waals surface area (Å²) in [5.41, 5.74) is -0.276. The highest BCUT2D eigenvalue weighted by molar-refractivity contribution is 8.00. The van der Waals surface area contributed by atoms with Gasteiger partial charge in [0, 0.05) is 31.3 Å². The van der Waals surface area contributed by atoms with E-state index in [-0.39, 0.29) is 60.7 Å². The molecule has 0 spiro atoms. The van der Waals surface area contributed by atoms with Gasteiger partial charge in [-0.15, -0.1) is 11.8 Å². The van der Waals surface area contributed by atoms with E-state index in [0.717, 1.165) is 34.6 Å². The second-order valence-corrected chi connectivity index (χ2v) is 14.0. The molecule has 0 aliphatic carbocycles. The van der Waals surface area contributed by atoms with Crippen LogP contribution in [0.2, 0.25) is 0 Å². The molecule has 300 valence electrons. The highest BCUT2D eigenvalue weighted by atomic mass is 32.2. The number of β-lactam (4-membered cyclic amide) rings is 1. The number of carboxylic acid groups (broad SMARTS) is 1. The number of benzene rings is 3. The number of phenolic OH excluding ortho intramolecular Hbond substituents is 4. The van der Waals surface area contributed by atoms with Gasteiger partial charge in [-0.05, 0) is 42.7 Å². The van der Waals surface area contributed by atoms with Gasteiger partial charge in [-0.1, -0.05) is 42.5 Å². The Morgan fingerprint density at radius 3 is 2.19 bits per heavy atom. The van der Waals surface area contributed by atoms with Crippen molar-refractivity contribution in [1.29, 1.82) is 0 Å². The minimum Gasteiger partial charge on any atom is -0.504 e. The predicted molar refractivity (Wildman–Crippen MR) is 201 cm³/mol. The largest absolute Gasteiger partial charge is 0.504 e. The molecule has 0 saturated carbocycles. The molecule has 18 nitrogen and oxygen atoms in total. The van der Waals surface area contributed by atoms with Crippen LogP contribution in [-0.2, 0) is 28.7 Å². The number of nitrogens with zero attached hydrogens (tertiary/aromatic N) is 2. The predicted octanol–water partition coefficient (Wildman–Crippen LogP) is 1.32. The van der Waals surface area contributed by atoms with Crippen LogP contribution in [0.1, 0.15) is 52.1 Å². The van der Waals surface area contributed by atoms with Crippen LogP contribution >= 0.6 is 11.8 Å². The zero-order valence-electron chi connectivity index (χ0n) is 30.3. The van der Waals surface area contributed by atoms with Gasteiger partial charge in [-0.25, -0.2) is 4.79 Å². The lowest BCUT2D eigenvalue weighted by atomic mass is 10.0. The maximum atomic E-state index is 13.8. The van der Waals surface area contributed by atoms with Crippen molar-refractivity contribution in [3.8, 4) is 23.0 Å². The Kier molecular flexibility index (Phi) is 13.3. The summed E-state index contributed by atoms with van der Waals surface area (Å²) in [6.45, 7) is 0.175. The van der Waals surface area contributed by atoms with Gasteiger partial charge < -0.3 is 51.1 Å². The summed E-state index contributed by atoms with van der Waals surface area (Å²) in [7, 11) is 0. The molecule has 5 rings (SSSR count). The minimum atomic E-state index is -1.41. The Labute approximate surface area is 329 Å². The topological polar surface area (TPSA) is 272 Å². The van der Waals surface area contributed by atoms with Gasteiger partial charge in [0.1, 0.15) is 29.8 Å². The zero-order chi connectivity index (χ0) is 41.4. The van der Waals surface area contributed by atoms with Crippen LogP contribution in [0.3, 0.4) is 0 Å². The van der Waals surface area contributed by atoms with Crippen molar-refractivity contribution in [2.75, 3.05) is 32.0 Å². The van der Waals surface area contributed by atoms with Crippen LogP contribution in [0.25, 0.3) is 0 Å². The van der Waals surface area contributed by atoms with Crippen LogP contribution in [-0.4, -0.2) is 120 Å². The molecule has 2 aliphatic heterocycles. The van der Waals surface area contributed by atoms with E-state index in [1.807, 2.05) is 0 Å². The zero-order valence-corrected chi connectivity index (χ0v) is 31.2. The van der Waals surface area contributed by atoms with Gasteiger partial charge in [0.25, 0.3) is 17.7 Å². The molecule has 3 aromatic carbocycles. The number of rotatable bonds is 16. The number of aromatic hydroxyl groups is 4. The fourth-order valence-electron chi connectivity index (χ4n) is 6.11. The third-order valence-corrected chi connectivity index (χ3v) is 10.3. The summed E-state index contributed by atoms with van der Waals surface area (Å²) in [6, 6.07) is 13.1. The number of ether oxygens (including phenoxy) is 1. The number of carboxylic acids is 1. The van der Waals surface area contributed by atoms with Crippen molar-refractivity contribution in [3.63, 3.8) is 0 Å². The number of carbonyl (C=O) groups is 7. The summed E-state index contributed by atoms with van der Waals surface area (Å²) in [6.07, 6.45) is 0.482. The summed E-state index contributed by atoms with van der Waals surface area (Å²) in [5.74, 6) is -8.14. The van der Waals surface area contributed by atoms with Gasteiger partial charge >= 0.3 is 11.9 Å². The highest BCUT2D eigenvalue weighted by Crippen LogP contribution is 2.40. The van der Waals surface area contributed by atoms with Crippen molar-refractivity contribution in [2.24, 2.45) is 0 Å². The molecule has 3 atom stereocenters. The van der Waals surface area contributed by atoms with Crippen molar-refractivity contribution >= 4 is 53.2 Å². The van der Waals surface area contributed by atoms with Gasteiger partial charge in [-0.2, -0.15) is 0 Å². The Morgan fingerprint density at radius 1 is 0.895 bits per heavy atom. The standard InChI is InChI=1S/C38H39N5O13S/c1-20(44)56-18-22-19-57-37-29(36(53)43(37)30(22)38(54)55)41-34(51)28(21-9-3-2-4-10-21)40-27(47)17-42(35(52)24-12-8-14-26(46)32(24)49)16-6-5-15-39-33(50)23-11-7-13-25(45)31(23)48/h2-4,7-14,28-29,37,45-46,48-49H,5-6,15-19H2,1H3,(H,39,50)(H,40,47)(H,41,51)(H,54,55)/t28?,29-,37-/m1/s1. The first-order valence-corrected chi connectivity index (χ1v) is 18.5. The highest BCUT2D eigenvalue weighted by Gasteiger charge is 2.54. The van der Waals surface area contributed by atoms with Crippen LogP contribution < -0.4 is 16.0 Å². The number of fused-ring (bicyclic) bond motifs is 1. The smallest absolute Gasteiger partial charge is 0.352 e. The number of thioether (sulfide) groups is 1. The first-order valence-electron chi connectivity index (χ1n) is 17.5. The second-order valence-electron chi connectivity index (χ2n) is 12.9. The van der Waals surface area contributed by atoms with E-state index in [1.165, 1.54) is 30.3 Å². The van der Waals surface area contributed by atoms with E-state index in [4.69, 9.17) is 4.74 Å². The van der Waals surface area contributed by atoms with Crippen molar-refractivity contribution < 1.29 is 63.8 Å². The number of carbonyl (C=O) groups excluding carboxylic acids is 6. The lowest BCUT2D eigenvalue weighted by molar-refractivity contribution is -0.151. The number of unbranched alkanes of at least 4 members (excludes halogenated alkanes) is 1. The van der Waals surface area contributed by atoms with E-state index >= 15 is 0 Å². The Hall–Kier alpha value is -6.76. The maximum absolute atomic E-state index is 13.8. The Morgan fingerprint density at radius 2 is 1.54 bits per heavy atom. The summed E-state index contributed by atoms with van der Waals surface area (Å²) >= 11 is 1.16. The Bertz CT molecular complexity index is 2110. The van der Waals surface area contributed by atoms with Crippen molar-refractivity contribution in [1.82, 2.24) is 25.8 Å². The van der Waals surface area contributed by atoms with E-state index in [9.17, 15) is 59.1 Å². The number of esters is 1. The number of hydrogen-bond donors (Lipinski definition) is 8. The molecule has 8 N–H and O–H groups in total. The molecule has 5 amide bonds. The molecule has 2 aliphatic rings. The van der Waals surface area contributed by atoms with E-state index in [2.05, 4.69) is 16.0 Å². The quantitative estimate of drug-likeness (QED) is 0.0439. The first kappa shape index (κ1) is 41.4. The van der Waals surface area contributed by atoms with E-state index < -0.39 is 88.5 Å². The molecule has 0 aromatic heterocycles. The van der Waals surface area contributed by atoms with Gasteiger partial charge in [-0.3, -0.25) is 33.7 Å². The van der Waals surface area contributed by atoms with Crippen LogP contribution in [0.4, 0.5) is 0 Å². The van der Waals surface area contributed by atoms with Crippen LogP contribution in [0.15, 0.2) is 78.0 Å². The fraction of sp³-hybridized carbons (Fsp3) is 0.289. The Balaban J connectivity index is 1.28. The average molecular weight is 806 g/mol.